The standard InChI is InChI=1S/C17H35N3O/c1-12(2)13(3)20-16(18-7)19-11-14-9-8-10-21-15(14)17(4,5)6/h12-15H,8-11H2,1-7H3,(H2,18,19,20). The number of aliphatic imine (C=N–C) groups is 1. The molecule has 124 valence electrons. The van der Waals surface area contributed by atoms with Crippen molar-refractivity contribution in [3.8, 4) is 0 Å². The molecule has 1 aliphatic heterocycles. The second kappa shape index (κ2) is 8.02. The Morgan fingerprint density at radius 3 is 2.48 bits per heavy atom. The number of nitrogens with one attached hydrogen (secondary N) is 2. The molecular formula is C17H35N3O. The normalized spacial score (nSPS) is 25.8. The van der Waals surface area contributed by atoms with Gasteiger partial charge in [0.15, 0.2) is 5.96 Å². The molecule has 0 spiro atoms. The Balaban J connectivity index is 2.54. The van der Waals surface area contributed by atoms with Gasteiger partial charge in [-0.15, -0.1) is 0 Å². The molecule has 1 rings (SSSR count). The molecule has 4 heteroatoms. The van der Waals surface area contributed by atoms with E-state index in [0.29, 0.717) is 24.0 Å². The Labute approximate surface area is 131 Å². The molecule has 3 unspecified atom stereocenters. The highest BCUT2D eigenvalue weighted by atomic mass is 16.5. The maximum absolute atomic E-state index is 6.04. The molecule has 1 saturated heterocycles. The molecule has 4 nitrogen and oxygen atoms in total. The van der Waals surface area contributed by atoms with Crippen LogP contribution in [0.4, 0.5) is 0 Å². The first kappa shape index (κ1) is 18.3. The van der Waals surface area contributed by atoms with Gasteiger partial charge in [0.2, 0.25) is 0 Å². The summed E-state index contributed by atoms with van der Waals surface area (Å²) in [7, 11) is 1.83. The van der Waals surface area contributed by atoms with Gasteiger partial charge >= 0.3 is 0 Å². The van der Waals surface area contributed by atoms with E-state index in [-0.39, 0.29) is 5.41 Å². The summed E-state index contributed by atoms with van der Waals surface area (Å²) in [4.78, 5) is 4.34. The topological polar surface area (TPSA) is 45.7 Å². The highest BCUT2D eigenvalue weighted by Crippen LogP contribution is 2.33. The molecule has 1 aliphatic rings. The minimum atomic E-state index is 0.189. The van der Waals surface area contributed by atoms with E-state index < -0.39 is 0 Å². The minimum Gasteiger partial charge on any atom is -0.377 e. The van der Waals surface area contributed by atoms with Gasteiger partial charge < -0.3 is 15.4 Å². The fraction of sp³-hybridized carbons (Fsp3) is 0.941. The van der Waals surface area contributed by atoms with Crippen LogP contribution in [-0.2, 0) is 4.74 Å². The highest BCUT2D eigenvalue weighted by molar-refractivity contribution is 5.79. The van der Waals surface area contributed by atoms with Crippen molar-refractivity contribution in [3.63, 3.8) is 0 Å². The van der Waals surface area contributed by atoms with Gasteiger partial charge in [-0.2, -0.15) is 0 Å². The second-order valence-corrected chi connectivity index (χ2v) is 7.69. The zero-order chi connectivity index (χ0) is 16.0. The molecule has 0 bridgehead atoms. The first-order chi connectivity index (χ1) is 9.75. The predicted octanol–water partition coefficient (Wildman–Crippen LogP) is 3.04. The van der Waals surface area contributed by atoms with Crippen LogP contribution in [0.1, 0.15) is 54.4 Å². The van der Waals surface area contributed by atoms with E-state index in [0.717, 1.165) is 25.5 Å². The van der Waals surface area contributed by atoms with Crippen LogP contribution in [-0.4, -0.2) is 38.3 Å². The van der Waals surface area contributed by atoms with E-state index in [1.54, 1.807) is 0 Å². The number of rotatable bonds is 4. The number of nitrogens with zero attached hydrogens (tertiary/aromatic N) is 1. The zero-order valence-electron chi connectivity index (χ0n) is 15.0. The largest absolute Gasteiger partial charge is 0.377 e. The average Bonchev–Trinajstić information content (AvgIpc) is 2.42. The summed E-state index contributed by atoms with van der Waals surface area (Å²) in [5.41, 5.74) is 0.189. The summed E-state index contributed by atoms with van der Waals surface area (Å²) < 4.78 is 6.04. The summed E-state index contributed by atoms with van der Waals surface area (Å²) in [6.45, 7) is 15.3. The Kier molecular flexibility index (Phi) is 6.98. The quantitative estimate of drug-likeness (QED) is 0.619. The van der Waals surface area contributed by atoms with Gasteiger partial charge in [0.05, 0.1) is 6.10 Å². The molecule has 21 heavy (non-hydrogen) atoms. The molecule has 0 amide bonds. The van der Waals surface area contributed by atoms with Crippen LogP contribution >= 0.6 is 0 Å². The minimum absolute atomic E-state index is 0.189. The van der Waals surface area contributed by atoms with Crippen LogP contribution in [0.25, 0.3) is 0 Å². The van der Waals surface area contributed by atoms with Crippen LogP contribution < -0.4 is 10.6 Å². The number of ether oxygens (including phenoxy) is 1. The lowest BCUT2D eigenvalue weighted by Crippen LogP contribution is -2.49. The molecular weight excluding hydrogens is 262 g/mol. The van der Waals surface area contributed by atoms with Gasteiger partial charge in [-0.05, 0) is 31.1 Å². The molecule has 0 radical (unpaired) electrons. The van der Waals surface area contributed by atoms with Gasteiger partial charge in [0, 0.05) is 32.2 Å². The Morgan fingerprint density at radius 2 is 1.95 bits per heavy atom. The van der Waals surface area contributed by atoms with Crippen molar-refractivity contribution in [3.05, 3.63) is 0 Å². The van der Waals surface area contributed by atoms with Crippen molar-refractivity contribution >= 4 is 5.96 Å². The third kappa shape index (κ3) is 5.85. The molecule has 3 atom stereocenters. The fourth-order valence-electron chi connectivity index (χ4n) is 2.81. The van der Waals surface area contributed by atoms with Crippen molar-refractivity contribution in [2.75, 3.05) is 20.2 Å². The van der Waals surface area contributed by atoms with Gasteiger partial charge in [-0.1, -0.05) is 34.6 Å². The van der Waals surface area contributed by atoms with Crippen molar-refractivity contribution in [2.24, 2.45) is 22.2 Å². The Bertz CT molecular complexity index is 333. The SMILES string of the molecule is CN=C(NCC1CCCOC1C(C)(C)C)NC(C)C(C)C. The second-order valence-electron chi connectivity index (χ2n) is 7.69. The summed E-state index contributed by atoms with van der Waals surface area (Å²) in [5.74, 6) is 2.03. The average molecular weight is 297 g/mol. The Hall–Kier alpha value is -0.770. The fourth-order valence-corrected chi connectivity index (χ4v) is 2.81. The summed E-state index contributed by atoms with van der Waals surface area (Å²) in [5, 5.41) is 6.94. The van der Waals surface area contributed by atoms with Crippen molar-refractivity contribution < 1.29 is 4.74 Å². The van der Waals surface area contributed by atoms with Crippen molar-refractivity contribution in [1.29, 1.82) is 0 Å². The lowest BCUT2D eigenvalue weighted by Gasteiger charge is -2.40. The molecule has 0 aromatic heterocycles. The zero-order valence-corrected chi connectivity index (χ0v) is 15.0. The van der Waals surface area contributed by atoms with E-state index in [2.05, 4.69) is 57.2 Å². The first-order valence-corrected chi connectivity index (χ1v) is 8.34. The predicted molar refractivity (Wildman–Crippen MR) is 90.7 cm³/mol. The molecule has 1 heterocycles. The van der Waals surface area contributed by atoms with Gasteiger partial charge in [0.25, 0.3) is 0 Å². The maximum atomic E-state index is 6.04. The number of hydrogen-bond donors (Lipinski definition) is 2. The lowest BCUT2D eigenvalue weighted by atomic mass is 9.78. The number of guanidine groups is 1. The van der Waals surface area contributed by atoms with E-state index in [1.807, 2.05) is 7.05 Å². The summed E-state index contributed by atoms with van der Waals surface area (Å²) in [6, 6.07) is 0.414. The molecule has 0 aliphatic carbocycles. The van der Waals surface area contributed by atoms with E-state index in [1.165, 1.54) is 6.42 Å². The summed E-state index contributed by atoms with van der Waals surface area (Å²) >= 11 is 0. The van der Waals surface area contributed by atoms with E-state index in [9.17, 15) is 0 Å². The van der Waals surface area contributed by atoms with Crippen LogP contribution in [0.3, 0.4) is 0 Å². The van der Waals surface area contributed by atoms with Crippen LogP contribution in [0.5, 0.6) is 0 Å². The van der Waals surface area contributed by atoms with Crippen LogP contribution in [0.2, 0.25) is 0 Å². The third-order valence-corrected chi connectivity index (χ3v) is 4.42. The van der Waals surface area contributed by atoms with E-state index in [4.69, 9.17) is 4.74 Å². The summed E-state index contributed by atoms with van der Waals surface area (Å²) in [6.07, 6.45) is 2.71. The highest BCUT2D eigenvalue weighted by Gasteiger charge is 2.35. The Morgan fingerprint density at radius 1 is 1.29 bits per heavy atom. The lowest BCUT2D eigenvalue weighted by molar-refractivity contribution is -0.0835. The molecule has 0 saturated carbocycles. The number of hydrogen-bond acceptors (Lipinski definition) is 2. The van der Waals surface area contributed by atoms with Gasteiger partial charge in [0.1, 0.15) is 0 Å². The van der Waals surface area contributed by atoms with Crippen molar-refractivity contribution in [1.82, 2.24) is 10.6 Å². The monoisotopic (exact) mass is 297 g/mol. The molecule has 1 fully saturated rings. The van der Waals surface area contributed by atoms with Gasteiger partial charge in [-0.3, -0.25) is 4.99 Å². The van der Waals surface area contributed by atoms with Crippen molar-refractivity contribution in [2.45, 2.75) is 66.5 Å². The first-order valence-electron chi connectivity index (χ1n) is 8.34. The van der Waals surface area contributed by atoms with Gasteiger partial charge in [-0.25, -0.2) is 0 Å². The maximum Gasteiger partial charge on any atom is 0.191 e. The molecule has 0 aromatic rings. The van der Waals surface area contributed by atoms with Crippen LogP contribution in [0.15, 0.2) is 4.99 Å². The van der Waals surface area contributed by atoms with Crippen LogP contribution in [0, 0.1) is 17.3 Å². The molecule has 2 N–H and O–H groups in total. The van der Waals surface area contributed by atoms with E-state index >= 15 is 0 Å². The third-order valence-electron chi connectivity index (χ3n) is 4.42. The smallest absolute Gasteiger partial charge is 0.191 e. The molecule has 0 aromatic carbocycles.